The summed E-state index contributed by atoms with van der Waals surface area (Å²) < 4.78 is 0. The number of hydrogen-bond acceptors (Lipinski definition) is 2. The molecule has 0 fully saturated rings. The van der Waals surface area contributed by atoms with E-state index in [0.29, 0.717) is 0 Å². The zero-order valence-electron chi connectivity index (χ0n) is 3.85. The number of rotatable bonds is 0. The summed E-state index contributed by atoms with van der Waals surface area (Å²) in [7, 11) is 0. The summed E-state index contributed by atoms with van der Waals surface area (Å²) in [5.74, 6) is 0. The third kappa shape index (κ3) is 123. The van der Waals surface area contributed by atoms with Crippen LogP contribution in [0.1, 0.15) is 6.92 Å². The van der Waals surface area contributed by atoms with Crippen molar-refractivity contribution in [3.63, 3.8) is 0 Å². The van der Waals surface area contributed by atoms with E-state index in [-0.39, 0.29) is 32.7 Å². The van der Waals surface area contributed by atoms with Crippen molar-refractivity contribution >= 4 is 6.79 Å². The predicted molar refractivity (Wildman–Crippen MR) is 21.5 cm³/mol. The zero-order valence-corrected chi connectivity index (χ0v) is 6.69. The molecule has 1 radical (unpaired) electrons. The fraction of sp³-hybridized carbons (Fsp3) is 0.667. The summed E-state index contributed by atoms with van der Waals surface area (Å²) in [6, 6.07) is 0. The van der Waals surface area contributed by atoms with E-state index in [2.05, 4.69) is 6.79 Å². The van der Waals surface area contributed by atoms with Crippen LogP contribution >= 0.6 is 0 Å². The van der Waals surface area contributed by atoms with Gasteiger partial charge in [0.15, 0.2) is 0 Å². The summed E-state index contributed by atoms with van der Waals surface area (Å²) in [6.07, 6.45) is 0. The van der Waals surface area contributed by atoms with Crippen molar-refractivity contribution in [3.8, 4) is 0 Å². The Balaban J connectivity index is -0.0000000275. The fourth-order valence-electron chi connectivity index (χ4n) is 0. The summed E-state index contributed by atoms with van der Waals surface area (Å²) in [5, 5.41) is 0. The molecule has 0 unspecified atom stereocenters. The molecule has 0 saturated carbocycles. The Morgan fingerprint density at radius 1 is 1.67 bits per heavy atom. The molecule has 0 aromatic heterocycles. The van der Waals surface area contributed by atoms with Crippen LogP contribution in [0.2, 0.25) is 0 Å². The van der Waals surface area contributed by atoms with Gasteiger partial charge in [-0.2, -0.15) is 0 Å². The van der Waals surface area contributed by atoms with Gasteiger partial charge in [-0.1, -0.05) is 6.92 Å². The van der Waals surface area contributed by atoms with Crippen molar-refractivity contribution in [2.24, 2.45) is 5.73 Å². The van der Waals surface area contributed by atoms with E-state index >= 15 is 0 Å². The number of carbonyl (C=O) groups excluding carboxylic acids is 1. The largest absolute Gasteiger partial charge is 0.545 e. The first-order valence-electron chi connectivity index (χ1n) is 1.35. The molecule has 0 heterocycles. The van der Waals surface area contributed by atoms with Crippen LogP contribution in [0.4, 0.5) is 0 Å². The van der Waals surface area contributed by atoms with Gasteiger partial charge in [-0.05, 0) is 6.54 Å². The van der Waals surface area contributed by atoms with Crippen LogP contribution in [0.15, 0.2) is 0 Å². The van der Waals surface area contributed by atoms with Crippen molar-refractivity contribution in [2.45, 2.75) is 6.92 Å². The molecular formula is C3H8NOY-. The first-order valence-corrected chi connectivity index (χ1v) is 1.35. The summed E-state index contributed by atoms with van der Waals surface area (Å²) in [6.45, 7) is 5.90. The maximum absolute atomic E-state index is 7.75. The number of hydrogen-bond donors (Lipinski definition) is 1. The minimum atomic E-state index is 0. The molecule has 0 atom stereocenters. The van der Waals surface area contributed by atoms with Gasteiger partial charge in [0, 0.05) is 32.7 Å². The molecule has 0 aliphatic rings. The Morgan fingerprint density at radius 3 is 1.67 bits per heavy atom. The topological polar surface area (TPSA) is 43.1 Å². The Morgan fingerprint density at radius 2 is 1.67 bits per heavy atom. The smallest absolute Gasteiger partial charge is 0 e. The second-order valence-electron chi connectivity index (χ2n) is 0.408. The normalized spacial score (nSPS) is 3.67. The van der Waals surface area contributed by atoms with Crippen LogP contribution in [-0.2, 0) is 37.5 Å². The van der Waals surface area contributed by atoms with Crippen LogP contribution in [-0.4, -0.2) is 13.3 Å². The van der Waals surface area contributed by atoms with Crippen LogP contribution in [0, 0.1) is 0 Å². The molecule has 0 bridgehead atoms. The SMILES string of the molecule is CCN.[CH-]=O.[Y]. The first kappa shape index (κ1) is 15.9. The Hall–Kier alpha value is 0.734. The first-order chi connectivity index (χ1) is 2.41. The van der Waals surface area contributed by atoms with Gasteiger partial charge in [-0.3, -0.25) is 6.79 Å². The maximum Gasteiger partial charge on any atom is 0 e. The van der Waals surface area contributed by atoms with E-state index in [1.54, 1.807) is 0 Å². The molecule has 0 aromatic carbocycles. The third-order valence-corrected chi connectivity index (χ3v) is 0. The van der Waals surface area contributed by atoms with Crippen LogP contribution < -0.4 is 5.73 Å². The van der Waals surface area contributed by atoms with Gasteiger partial charge in [0.2, 0.25) is 0 Å². The van der Waals surface area contributed by atoms with Gasteiger partial charge in [0.05, 0.1) is 0 Å². The van der Waals surface area contributed by atoms with Gasteiger partial charge in [-0.15, -0.1) is 0 Å². The second-order valence-corrected chi connectivity index (χ2v) is 0.408. The molecule has 0 saturated heterocycles. The van der Waals surface area contributed by atoms with Gasteiger partial charge in [-0.25, -0.2) is 0 Å². The van der Waals surface area contributed by atoms with E-state index in [0.717, 1.165) is 6.54 Å². The quantitative estimate of drug-likeness (QED) is 0.393. The molecule has 0 amide bonds. The monoisotopic (exact) mass is 163 g/mol. The summed E-state index contributed by atoms with van der Waals surface area (Å²) in [4.78, 5) is 7.75. The van der Waals surface area contributed by atoms with Crippen molar-refractivity contribution in [3.05, 3.63) is 0 Å². The van der Waals surface area contributed by atoms with E-state index in [1.165, 1.54) is 0 Å². The predicted octanol–water partition coefficient (Wildman–Crippen LogP) is -0.312. The van der Waals surface area contributed by atoms with Gasteiger partial charge in [0.1, 0.15) is 0 Å². The molecule has 0 aliphatic heterocycles. The van der Waals surface area contributed by atoms with Crippen molar-refractivity contribution in [1.29, 1.82) is 0 Å². The Kier molecular flexibility index (Phi) is 113. The maximum atomic E-state index is 7.75. The molecule has 2 N–H and O–H groups in total. The van der Waals surface area contributed by atoms with Gasteiger partial charge >= 0.3 is 0 Å². The molecule has 35 valence electrons. The molecule has 3 heteroatoms. The molecule has 0 aromatic rings. The molecule has 0 rings (SSSR count). The average molecular weight is 163 g/mol. The molecular weight excluding hydrogens is 155 g/mol. The van der Waals surface area contributed by atoms with Crippen molar-refractivity contribution in [2.75, 3.05) is 6.54 Å². The minimum Gasteiger partial charge on any atom is -0.545 e. The summed E-state index contributed by atoms with van der Waals surface area (Å²) in [5.41, 5.74) is 4.85. The van der Waals surface area contributed by atoms with Crippen LogP contribution in [0.25, 0.3) is 0 Å². The van der Waals surface area contributed by atoms with Crippen LogP contribution in [0.3, 0.4) is 0 Å². The Bertz CT molecular complexity index is 14.8. The zero-order chi connectivity index (χ0) is 4.71. The van der Waals surface area contributed by atoms with Crippen LogP contribution in [0.5, 0.6) is 0 Å². The van der Waals surface area contributed by atoms with E-state index in [9.17, 15) is 0 Å². The summed E-state index contributed by atoms with van der Waals surface area (Å²) >= 11 is 0. The van der Waals surface area contributed by atoms with Crippen molar-refractivity contribution in [1.82, 2.24) is 0 Å². The van der Waals surface area contributed by atoms with Gasteiger partial charge in [0.25, 0.3) is 0 Å². The molecule has 0 aliphatic carbocycles. The van der Waals surface area contributed by atoms with E-state index in [1.807, 2.05) is 6.92 Å². The van der Waals surface area contributed by atoms with E-state index < -0.39 is 0 Å². The second kappa shape index (κ2) is 42.7. The fourth-order valence-corrected chi connectivity index (χ4v) is 0. The minimum absolute atomic E-state index is 0. The molecule has 6 heavy (non-hydrogen) atoms. The van der Waals surface area contributed by atoms with Gasteiger partial charge < -0.3 is 10.5 Å². The van der Waals surface area contributed by atoms with Crippen molar-refractivity contribution < 1.29 is 37.5 Å². The standard InChI is InChI=1S/C2H7N.CHO.Y/c1-2-3;1-2;/h2-3H2,1H3;1H;/q;-1;. The third-order valence-electron chi connectivity index (χ3n) is 0. The average Bonchev–Trinajstić information content (AvgIpc) is 1.46. The molecule has 0 spiro atoms. The number of nitrogens with two attached hydrogens (primary N) is 1. The molecule has 2 nitrogen and oxygen atoms in total. The Labute approximate surface area is 63.4 Å². The van der Waals surface area contributed by atoms with E-state index in [4.69, 9.17) is 10.5 Å².